The summed E-state index contributed by atoms with van der Waals surface area (Å²) in [5.74, 6) is 0.754. The zero-order valence-electron chi connectivity index (χ0n) is 10.6. The lowest BCUT2D eigenvalue weighted by Crippen LogP contribution is -2.42. The first-order valence-corrected chi connectivity index (χ1v) is 8.63. The molecular formula is C13H17Br2NOS. The number of hydrogen-bond donors (Lipinski definition) is 0. The molecule has 0 bridgehead atoms. The lowest BCUT2D eigenvalue weighted by Gasteiger charge is -2.36. The van der Waals surface area contributed by atoms with Crippen molar-refractivity contribution in [1.29, 1.82) is 0 Å². The smallest absolute Gasteiger partial charge is 0.264 e. The Labute approximate surface area is 129 Å². The molecule has 1 aliphatic carbocycles. The van der Waals surface area contributed by atoms with Gasteiger partial charge in [0.1, 0.15) is 0 Å². The van der Waals surface area contributed by atoms with Gasteiger partial charge in [-0.25, -0.2) is 0 Å². The maximum absolute atomic E-state index is 12.4. The van der Waals surface area contributed by atoms with Gasteiger partial charge in [0.05, 0.1) is 8.66 Å². The molecule has 0 aromatic carbocycles. The molecule has 0 aliphatic heterocycles. The molecule has 18 heavy (non-hydrogen) atoms. The molecule has 2 atom stereocenters. The standard InChI is InChI=1S/C13H17Br2NOS/c1-8-5-3-4-6-10(8)16(2)13(17)11-7-9(14)12(15)18-11/h7-8,10H,3-6H2,1-2H3. The minimum Gasteiger partial charge on any atom is -0.338 e. The van der Waals surface area contributed by atoms with Gasteiger partial charge in [0.2, 0.25) is 0 Å². The molecule has 0 N–H and O–H groups in total. The molecule has 0 saturated heterocycles. The van der Waals surface area contributed by atoms with Crippen LogP contribution in [0.3, 0.4) is 0 Å². The van der Waals surface area contributed by atoms with Crippen molar-refractivity contribution in [2.75, 3.05) is 7.05 Å². The maximum atomic E-state index is 12.4. The van der Waals surface area contributed by atoms with Crippen LogP contribution in [0.5, 0.6) is 0 Å². The van der Waals surface area contributed by atoms with Gasteiger partial charge in [-0.3, -0.25) is 4.79 Å². The number of carbonyl (C=O) groups excluding carboxylic acids is 1. The molecule has 1 aromatic heterocycles. The van der Waals surface area contributed by atoms with Gasteiger partial charge in [-0.05, 0) is 56.7 Å². The van der Waals surface area contributed by atoms with Crippen LogP contribution in [0.15, 0.2) is 14.3 Å². The van der Waals surface area contributed by atoms with Crippen LogP contribution >= 0.6 is 43.2 Å². The maximum Gasteiger partial charge on any atom is 0.264 e. The molecule has 0 spiro atoms. The molecule has 2 unspecified atom stereocenters. The zero-order chi connectivity index (χ0) is 13.3. The van der Waals surface area contributed by atoms with Crippen LogP contribution in [0.4, 0.5) is 0 Å². The summed E-state index contributed by atoms with van der Waals surface area (Å²) in [6.45, 7) is 2.26. The van der Waals surface area contributed by atoms with E-state index in [-0.39, 0.29) is 5.91 Å². The summed E-state index contributed by atoms with van der Waals surface area (Å²) in [6, 6.07) is 2.30. The molecule has 1 saturated carbocycles. The highest BCUT2D eigenvalue weighted by Gasteiger charge is 2.29. The molecular weight excluding hydrogens is 378 g/mol. The molecule has 0 radical (unpaired) electrons. The third-order valence-electron chi connectivity index (χ3n) is 3.74. The van der Waals surface area contributed by atoms with Gasteiger partial charge in [-0.15, -0.1) is 11.3 Å². The summed E-state index contributed by atoms with van der Waals surface area (Å²) >= 11 is 8.37. The SMILES string of the molecule is CC1CCCCC1N(C)C(=O)c1cc(Br)c(Br)s1. The van der Waals surface area contributed by atoms with Crippen LogP contribution < -0.4 is 0 Å². The molecule has 2 rings (SSSR count). The first kappa shape index (κ1) is 14.5. The van der Waals surface area contributed by atoms with E-state index in [4.69, 9.17) is 0 Å². The fourth-order valence-corrected chi connectivity index (χ4v) is 4.67. The van der Waals surface area contributed by atoms with Crippen molar-refractivity contribution in [3.05, 3.63) is 19.2 Å². The zero-order valence-corrected chi connectivity index (χ0v) is 14.6. The predicted octanol–water partition coefficient (Wildman–Crippen LogP) is 4.92. The Kier molecular flexibility index (Phi) is 4.89. The van der Waals surface area contributed by atoms with Gasteiger partial charge >= 0.3 is 0 Å². The fraction of sp³-hybridized carbons (Fsp3) is 0.615. The van der Waals surface area contributed by atoms with Crippen molar-refractivity contribution >= 4 is 49.1 Å². The van der Waals surface area contributed by atoms with Crippen LogP contribution in [0.2, 0.25) is 0 Å². The van der Waals surface area contributed by atoms with E-state index in [0.29, 0.717) is 12.0 Å². The van der Waals surface area contributed by atoms with Crippen LogP contribution in [-0.4, -0.2) is 23.9 Å². The van der Waals surface area contributed by atoms with Crippen LogP contribution in [0.1, 0.15) is 42.3 Å². The van der Waals surface area contributed by atoms with Gasteiger partial charge in [-0.2, -0.15) is 0 Å². The Morgan fingerprint density at radius 1 is 1.39 bits per heavy atom. The van der Waals surface area contributed by atoms with Crippen molar-refractivity contribution in [3.63, 3.8) is 0 Å². The van der Waals surface area contributed by atoms with Crippen molar-refractivity contribution in [2.45, 2.75) is 38.6 Å². The number of amides is 1. The molecule has 1 aliphatic rings. The largest absolute Gasteiger partial charge is 0.338 e. The van der Waals surface area contributed by atoms with Gasteiger partial charge in [-0.1, -0.05) is 19.8 Å². The lowest BCUT2D eigenvalue weighted by atomic mass is 9.85. The Hall–Kier alpha value is 0.130. The average Bonchev–Trinajstić information content (AvgIpc) is 2.68. The van der Waals surface area contributed by atoms with Gasteiger partial charge in [0.15, 0.2) is 0 Å². The Bertz CT molecular complexity index is 427. The van der Waals surface area contributed by atoms with E-state index in [9.17, 15) is 4.79 Å². The van der Waals surface area contributed by atoms with Crippen molar-refractivity contribution in [1.82, 2.24) is 4.90 Å². The number of halogens is 2. The number of hydrogen-bond acceptors (Lipinski definition) is 2. The Morgan fingerprint density at radius 3 is 2.61 bits per heavy atom. The van der Waals surface area contributed by atoms with Gasteiger partial charge in [0, 0.05) is 17.6 Å². The highest BCUT2D eigenvalue weighted by Crippen LogP contribution is 2.34. The Balaban J connectivity index is 2.12. The summed E-state index contributed by atoms with van der Waals surface area (Å²) in [5.41, 5.74) is 0. The van der Waals surface area contributed by atoms with E-state index >= 15 is 0 Å². The van der Waals surface area contributed by atoms with E-state index in [1.165, 1.54) is 30.6 Å². The van der Waals surface area contributed by atoms with E-state index in [1.54, 1.807) is 0 Å². The molecule has 1 heterocycles. The molecule has 1 aromatic rings. The average molecular weight is 395 g/mol. The molecule has 5 heteroatoms. The minimum atomic E-state index is 0.144. The molecule has 1 fully saturated rings. The summed E-state index contributed by atoms with van der Waals surface area (Å²) in [7, 11) is 1.94. The summed E-state index contributed by atoms with van der Waals surface area (Å²) < 4.78 is 1.94. The van der Waals surface area contributed by atoms with Crippen LogP contribution in [0.25, 0.3) is 0 Å². The van der Waals surface area contributed by atoms with Crippen LogP contribution in [0, 0.1) is 5.92 Å². The van der Waals surface area contributed by atoms with E-state index < -0.39 is 0 Å². The third-order valence-corrected chi connectivity index (χ3v) is 6.98. The summed E-state index contributed by atoms with van der Waals surface area (Å²) in [6.07, 6.45) is 4.91. The van der Waals surface area contributed by atoms with Gasteiger partial charge in [0.25, 0.3) is 5.91 Å². The number of rotatable bonds is 2. The van der Waals surface area contributed by atoms with Crippen molar-refractivity contribution in [3.8, 4) is 0 Å². The van der Waals surface area contributed by atoms with E-state index in [0.717, 1.165) is 19.6 Å². The number of thiophene rings is 1. The second-order valence-electron chi connectivity index (χ2n) is 4.98. The normalized spacial score (nSPS) is 24.0. The fourth-order valence-electron chi connectivity index (χ4n) is 2.65. The predicted molar refractivity (Wildman–Crippen MR) is 83.2 cm³/mol. The molecule has 100 valence electrons. The summed E-state index contributed by atoms with van der Waals surface area (Å²) in [4.78, 5) is 15.2. The van der Waals surface area contributed by atoms with E-state index in [2.05, 4.69) is 38.8 Å². The second kappa shape index (κ2) is 6.06. The highest BCUT2D eigenvalue weighted by atomic mass is 79.9. The van der Waals surface area contributed by atoms with E-state index in [1.807, 2.05) is 18.0 Å². The molecule has 1 amide bonds. The summed E-state index contributed by atoms with van der Waals surface area (Å²) in [5, 5.41) is 0. The van der Waals surface area contributed by atoms with Crippen LogP contribution in [-0.2, 0) is 0 Å². The van der Waals surface area contributed by atoms with Crippen molar-refractivity contribution < 1.29 is 4.79 Å². The number of carbonyl (C=O) groups is 1. The quantitative estimate of drug-likeness (QED) is 0.696. The van der Waals surface area contributed by atoms with Gasteiger partial charge < -0.3 is 4.90 Å². The minimum absolute atomic E-state index is 0.144. The monoisotopic (exact) mass is 393 g/mol. The topological polar surface area (TPSA) is 20.3 Å². The Morgan fingerprint density at radius 2 is 2.06 bits per heavy atom. The first-order valence-electron chi connectivity index (χ1n) is 6.22. The van der Waals surface area contributed by atoms with Crippen molar-refractivity contribution in [2.24, 2.45) is 5.92 Å². The number of nitrogens with zero attached hydrogens (tertiary/aromatic N) is 1. The first-order chi connectivity index (χ1) is 8.50. The molecule has 2 nitrogen and oxygen atoms in total. The second-order valence-corrected chi connectivity index (χ2v) is 8.20. The highest BCUT2D eigenvalue weighted by molar-refractivity contribution is 9.13. The third kappa shape index (κ3) is 2.99. The lowest BCUT2D eigenvalue weighted by molar-refractivity contribution is 0.0634.